The minimum absolute atomic E-state index is 0.639. The minimum atomic E-state index is -1.82. The molecule has 1 aromatic carbocycles. The van der Waals surface area contributed by atoms with Crippen molar-refractivity contribution in [3.8, 4) is 0 Å². The zero-order valence-electron chi connectivity index (χ0n) is 9.46. The Morgan fingerprint density at radius 2 is 1.83 bits per heavy atom. The van der Waals surface area contributed by atoms with Crippen molar-refractivity contribution < 1.29 is 19.8 Å². The second-order valence-corrected chi connectivity index (χ2v) is 3.35. The molecule has 0 aliphatic heterocycles. The van der Waals surface area contributed by atoms with Gasteiger partial charge in [0.2, 0.25) is 0 Å². The summed E-state index contributed by atoms with van der Waals surface area (Å²) in [4.78, 5) is 25.8. The second-order valence-electron chi connectivity index (χ2n) is 3.35. The number of H-pyrrole nitrogens is 1. The van der Waals surface area contributed by atoms with Crippen LogP contribution in [0.2, 0.25) is 0 Å². The molecule has 2 rings (SSSR count). The number of rotatable bonds is 2. The van der Waals surface area contributed by atoms with Gasteiger partial charge < -0.3 is 20.9 Å². The lowest BCUT2D eigenvalue weighted by Crippen LogP contribution is -2.09. The summed E-state index contributed by atoms with van der Waals surface area (Å²) >= 11 is 0. The number of nitrogens with one attached hydrogen (secondary N) is 1. The number of aromatic nitrogens is 2. The Bertz CT molecular complexity index is 505. The maximum atomic E-state index is 9.10. The number of hydrogen-bond donors (Lipinski definition) is 4. The van der Waals surface area contributed by atoms with Gasteiger partial charge >= 0.3 is 11.9 Å². The fourth-order valence-electron chi connectivity index (χ4n) is 1.26. The van der Waals surface area contributed by atoms with Crippen LogP contribution in [0.15, 0.2) is 24.3 Å². The van der Waals surface area contributed by atoms with E-state index in [1.165, 1.54) is 0 Å². The monoisotopic (exact) mass is 251 g/mol. The summed E-state index contributed by atoms with van der Waals surface area (Å²) in [7, 11) is 0. The lowest BCUT2D eigenvalue weighted by Gasteiger charge is -1.87. The Morgan fingerprint density at radius 3 is 2.33 bits per heavy atom. The molecule has 0 saturated heterocycles. The number of carboxylic acids is 2. The smallest absolute Gasteiger partial charge is 0.414 e. The number of hydrogen-bond acceptors (Lipinski definition) is 4. The van der Waals surface area contributed by atoms with Gasteiger partial charge in [0, 0.05) is 6.42 Å². The van der Waals surface area contributed by atoms with Crippen molar-refractivity contribution in [2.45, 2.75) is 6.42 Å². The summed E-state index contributed by atoms with van der Waals surface area (Å²) in [5.41, 5.74) is 7.52. The first-order chi connectivity index (χ1) is 8.54. The molecule has 7 nitrogen and oxygen atoms in total. The second kappa shape index (κ2) is 6.36. The molecular formula is C11H13N3O4. The van der Waals surface area contributed by atoms with Crippen LogP contribution in [0, 0.1) is 0 Å². The standard InChI is InChI=1S/C9H11N3.C2H2O4/c10-6-5-9-11-7-3-1-2-4-8(7)12-9;3-1(4)2(5)6/h1-4H,5-6,10H2,(H,11,12);(H,3,4)(H,5,6). The predicted octanol–water partition coefficient (Wildman–Crippen LogP) is 0.220. The van der Waals surface area contributed by atoms with Crippen molar-refractivity contribution in [3.05, 3.63) is 30.1 Å². The third kappa shape index (κ3) is 3.87. The van der Waals surface area contributed by atoms with E-state index < -0.39 is 11.9 Å². The van der Waals surface area contributed by atoms with Crippen LogP contribution in [0.1, 0.15) is 5.82 Å². The average Bonchev–Trinajstić information content (AvgIpc) is 2.72. The number of aliphatic carboxylic acids is 2. The molecule has 0 unspecified atom stereocenters. The van der Waals surface area contributed by atoms with Gasteiger partial charge in [-0.2, -0.15) is 0 Å². The Hall–Kier alpha value is -2.41. The quantitative estimate of drug-likeness (QED) is 0.565. The highest BCUT2D eigenvalue weighted by atomic mass is 16.4. The lowest BCUT2D eigenvalue weighted by molar-refractivity contribution is -0.159. The van der Waals surface area contributed by atoms with Gasteiger partial charge in [0.1, 0.15) is 5.82 Å². The number of para-hydroxylation sites is 2. The first kappa shape index (κ1) is 13.7. The zero-order chi connectivity index (χ0) is 13.5. The summed E-state index contributed by atoms with van der Waals surface area (Å²) in [6.45, 7) is 0.639. The number of imidazole rings is 1. The van der Waals surface area contributed by atoms with Crippen LogP contribution in [-0.4, -0.2) is 38.7 Å². The highest BCUT2D eigenvalue weighted by Gasteiger charge is 2.04. The van der Waals surface area contributed by atoms with E-state index in [2.05, 4.69) is 9.97 Å². The Kier molecular flexibility index (Phi) is 4.82. The van der Waals surface area contributed by atoms with Crippen LogP contribution >= 0.6 is 0 Å². The molecule has 0 saturated carbocycles. The van der Waals surface area contributed by atoms with Crippen molar-refractivity contribution in [3.63, 3.8) is 0 Å². The van der Waals surface area contributed by atoms with E-state index in [9.17, 15) is 0 Å². The number of aromatic amines is 1. The average molecular weight is 251 g/mol. The molecule has 0 atom stereocenters. The van der Waals surface area contributed by atoms with Crippen molar-refractivity contribution in [2.75, 3.05) is 6.54 Å². The van der Waals surface area contributed by atoms with Crippen LogP contribution in [0.4, 0.5) is 0 Å². The number of fused-ring (bicyclic) bond motifs is 1. The third-order valence-corrected chi connectivity index (χ3v) is 2.00. The Balaban J connectivity index is 0.000000232. The van der Waals surface area contributed by atoms with E-state index in [-0.39, 0.29) is 0 Å². The molecule has 5 N–H and O–H groups in total. The number of nitrogens with two attached hydrogens (primary N) is 1. The van der Waals surface area contributed by atoms with Crippen molar-refractivity contribution in [1.82, 2.24) is 9.97 Å². The molecule has 0 spiro atoms. The molecule has 0 radical (unpaired) electrons. The highest BCUT2D eigenvalue weighted by Crippen LogP contribution is 2.09. The number of carboxylic acid groups (broad SMARTS) is 2. The van der Waals surface area contributed by atoms with Gasteiger partial charge in [0.25, 0.3) is 0 Å². The van der Waals surface area contributed by atoms with Gasteiger partial charge in [-0.05, 0) is 18.7 Å². The van der Waals surface area contributed by atoms with E-state index in [1.54, 1.807) is 0 Å². The number of carbonyl (C=O) groups is 2. The fourth-order valence-corrected chi connectivity index (χ4v) is 1.26. The predicted molar refractivity (Wildman–Crippen MR) is 64.1 cm³/mol. The molecular weight excluding hydrogens is 238 g/mol. The molecule has 96 valence electrons. The summed E-state index contributed by atoms with van der Waals surface area (Å²) in [5, 5.41) is 14.8. The summed E-state index contributed by atoms with van der Waals surface area (Å²) in [6, 6.07) is 7.98. The van der Waals surface area contributed by atoms with E-state index in [0.29, 0.717) is 6.54 Å². The van der Waals surface area contributed by atoms with Gasteiger partial charge in [0.05, 0.1) is 11.0 Å². The molecule has 0 aliphatic carbocycles. The van der Waals surface area contributed by atoms with E-state index in [1.807, 2.05) is 24.3 Å². The Labute approximate surface area is 102 Å². The summed E-state index contributed by atoms with van der Waals surface area (Å²) < 4.78 is 0. The van der Waals surface area contributed by atoms with Gasteiger partial charge in [-0.25, -0.2) is 14.6 Å². The van der Waals surface area contributed by atoms with Crippen LogP contribution in [-0.2, 0) is 16.0 Å². The number of nitrogens with zero attached hydrogens (tertiary/aromatic N) is 1. The zero-order valence-corrected chi connectivity index (χ0v) is 9.46. The third-order valence-electron chi connectivity index (χ3n) is 2.00. The molecule has 0 fully saturated rings. The molecule has 1 aromatic heterocycles. The molecule has 1 heterocycles. The van der Waals surface area contributed by atoms with Crippen LogP contribution in [0.3, 0.4) is 0 Å². The van der Waals surface area contributed by atoms with E-state index >= 15 is 0 Å². The Morgan fingerprint density at radius 1 is 1.22 bits per heavy atom. The summed E-state index contributed by atoms with van der Waals surface area (Å²) in [6.07, 6.45) is 0.814. The van der Waals surface area contributed by atoms with Gasteiger partial charge in [-0.3, -0.25) is 0 Å². The molecule has 0 amide bonds. The lowest BCUT2D eigenvalue weighted by atomic mass is 10.3. The van der Waals surface area contributed by atoms with E-state index in [0.717, 1.165) is 23.3 Å². The van der Waals surface area contributed by atoms with E-state index in [4.69, 9.17) is 25.5 Å². The molecule has 0 bridgehead atoms. The highest BCUT2D eigenvalue weighted by molar-refractivity contribution is 6.27. The van der Waals surface area contributed by atoms with Gasteiger partial charge in [-0.15, -0.1) is 0 Å². The number of benzene rings is 1. The van der Waals surface area contributed by atoms with Crippen LogP contribution < -0.4 is 5.73 Å². The largest absolute Gasteiger partial charge is 0.473 e. The normalized spacial score (nSPS) is 9.61. The van der Waals surface area contributed by atoms with Gasteiger partial charge in [0.15, 0.2) is 0 Å². The van der Waals surface area contributed by atoms with Crippen LogP contribution in [0.5, 0.6) is 0 Å². The summed E-state index contributed by atoms with van der Waals surface area (Å²) in [5.74, 6) is -2.68. The first-order valence-corrected chi connectivity index (χ1v) is 5.14. The fraction of sp³-hybridized carbons (Fsp3) is 0.182. The SMILES string of the molecule is NCCc1nc2ccccc2[nH]1.O=C(O)C(=O)O. The van der Waals surface area contributed by atoms with Crippen molar-refractivity contribution in [2.24, 2.45) is 5.73 Å². The molecule has 7 heteroatoms. The van der Waals surface area contributed by atoms with Gasteiger partial charge in [-0.1, -0.05) is 12.1 Å². The van der Waals surface area contributed by atoms with Crippen molar-refractivity contribution >= 4 is 23.0 Å². The van der Waals surface area contributed by atoms with Crippen molar-refractivity contribution in [1.29, 1.82) is 0 Å². The maximum Gasteiger partial charge on any atom is 0.414 e. The molecule has 0 aliphatic rings. The topological polar surface area (TPSA) is 129 Å². The molecule has 18 heavy (non-hydrogen) atoms. The first-order valence-electron chi connectivity index (χ1n) is 5.14. The maximum absolute atomic E-state index is 9.10. The van der Waals surface area contributed by atoms with Crippen LogP contribution in [0.25, 0.3) is 11.0 Å². The minimum Gasteiger partial charge on any atom is -0.473 e. The molecule has 2 aromatic rings.